The first-order chi connectivity index (χ1) is 6.54. The van der Waals surface area contributed by atoms with Crippen molar-refractivity contribution >= 4 is 63.8 Å². The van der Waals surface area contributed by atoms with Crippen LogP contribution < -0.4 is 0 Å². The topological polar surface area (TPSA) is 17.1 Å². The van der Waals surface area contributed by atoms with Crippen LogP contribution in [0.2, 0.25) is 0 Å². The molecule has 6 heteroatoms. The molecule has 1 fully saturated rings. The summed E-state index contributed by atoms with van der Waals surface area (Å²) in [5.41, 5.74) is 0. The lowest BCUT2D eigenvalue weighted by Gasteiger charge is -2.05. The summed E-state index contributed by atoms with van der Waals surface area (Å²) in [6, 6.07) is 0. The fourth-order valence-corrected chi connectivity index (χ4v) is 0.946. The standard InChI is InChI=1S/C6H10O.CHCl3.CH2Cl2/c7-6-4-2-1-3-5-6;2-1(3)4;2-1-3/h1-5H2;1H;1H2. The van der Waals surface area contributed by atoms with Crippen LogP contribution in [-0.2, 0) is 4.79 Å². The van der Waals surface area contributed by atoms with Crippen molar-refractivity contribution in [2.75, 3.05) is 5.34 Å². The van der Waals surface area contributed by atoms with E-state index < -0.39 is 4.30 Å². The highest BCUT2D eigenvalue weighted by atomic mass is 35.6. The average molecular weight is 302 g/mol. The highest BCUT2D eigenvalue weighted by Gasteiger charge is 2.05. The van der Waals surface area contributed by atoms with Gasteiger partial charge in [-0.05, 0) is 12.8 Å². The number of carbonyl (C=O) groups is 1. The molecule has 0 aromatic rings. The number of alkyl halides is 5. The summed E-state index contributed by atoms with van der Waals surface area (Å²) in [7, 11) is 0. The third kappa shape index (κ3) is 23.2. The van der Waals surface area contributed by atoms with Gasteiger partial charge in [-0.25, -0.2) is 0 Å². The smallest absolute Gasteiger partial charge is 0.180 e. The second-order valence-electron chi connectivity index (χ2n) is 2.45. The van der Waals surface area contributed by atoms with Crippen LogP contribution in [0.15, 0.2) is 0 Å². The molecule has 0 spiro atoms. The summed E-state index contributed by atoms with van der Waals surface area (Å²) < 4.78 is -0.750. The molecule has 0 aromatic carbocycles. The molecule has 1 rings (SSSR count). The lowest BCUT2D eigenvalue weighted by Crippen LogP contribution is -2.02. The Balaban J connectivity index is 0. The normalized spacial score (nSPS) is 15.1. The number of halogens is 5. The van der Waals surface area contributed by atoms with Gasteiger partial charge in [0.05, 0.1) is 5.34 Å². The predicted octanol–water partition coefficient (Wildman–Crippen LogP) is 4.93. The summed E-state index contributed by atoms with van der Waals surface area (Å²) in [6.07, 6.45) is 5.24. The van der Waals surface area contributed by atoms with E-state index in [2.05, 4.69) is 0 Å². The zero-order valence-electron chi connectivity index (χ0n) is 7.62. The minimum Gasteiger partial charge on any atom is -0.300 e. The van der Waals surface area contributed by atoms with E-state index >= 15 is 0 Å². The van der Waals surface area contributed by atoms with Crippen molar-refractivity contribution in [2.24, 2.45) is 0 Å². The van der Waals surface area contributed by atoms with E-state index in [0.717, 1.165) is 25.7 Å². The van der Waals surface area contributed by atoms with E-state index in [4.69, 9.17) is 58.0 Å². The number of hydrogen-bond acceptors (Lipinski definition) is 1. The molecule has 0 unspecified atom stereocenters. The molecule has 0 aliphatic heterocycles. The molecule has 0 radical (unpaired) electrons. The van der Waals surface area contributed by atoms with Crippen LogP contribution in [0.5, 0.6) is 0 Å². The van der Waals surface area contributed by atoms with E-state index in [9.17, 15) is 4.79 Å². The van der Waals surface area contributed by atoms with Crippen molar-refractivity contribution in [3.05, 3.63) is 0 Å². The molecule has 0 heterocycles. The minimum absolute atomic E-state index is 0.194. The minimum atomic E-state index is -0.750. The van der Waals surface area contributed by atoms with Crippen LogP contribution in [0.1, 0.15) is 32.1 Å². The van der Waals surface area contributed by atoms with Crippen molar-refractivity contribution < 1.29 is 4.79 Å². The second kappa shape index (κ2) is 14.1. The van der Waals surface area contributed by atoms with Crippen molar-refractivity contribution in [2.45, 2.75) is 36.4 Å². The molecule has 0 aromatic heterocycles. The van der Waals surface area contributed by atoms with Crippen molar-refractivity contribution in [3.63, 3.8) is 0 Å². The Bertz CT molecular complexity index is 118. The average Bonchev–Trinajstić information content (AvgIpc) is 2.05. The van der Waals surface area contributed by atoms with Gasteiger partial charge in [-0.15, -0.1) is 23.2 Å². The Morgan fingerprint density at radius 1 is 1.00 bits per heavy atom. The van der Waals surface area contributed by atoms with Crippen molar-refractivity contribution in [1.29, 1.82) is 0 Å². The molecule has 0 bridgehead atoms. The van der Waals surface area contributed by atoms with Gasteiger partial charge in [-0.1, -0.05) is 41.2 Å². The first-order valence-electron chi connectivity index (χ1n) is 4.10. The van der Waals surface area contributed by atoms with Crippen LogP contribution in [-0.4, -0.2) is 15.4 Å². The third-order valence-electron chi connectivity index (χ3n) is 1.41. The van der Waals surface area contributed by atoms with Gasteiger partial charge in [0.2, 0.25) is 0 Å². The van der Waals surface area contributed by atoms with Gasteiger partial charge in [0.1, 0.15) is 5.78 Å². The summed E-state index contributed by atoms with van der Waals surface area (Å²) in [5, 5.41) is 0.194. The molecule has 0 atom stereocenters. The number of ketones is 1. The van der Waals surface area contributed by atoms with E-state index in [-0.39, 0.29) is 5.34 Å². The van der Waals surface area contributed by atoms with Gasteiger partial charge in [0, 0.05) is 12.8 Å². The largest absolute Gasteiger partial charge is 0.300 e. The van der Waals surface area contributed by atoms with Gasteiger partial charge in [-0.2, -0.15) is 0 Å². The van der Waals surface area contributed by atoms with Crippen LogP contribution >= 0.6 is 58.0 Å². The van der Waals surface area contributed by atoms with Gasteiger partial charge in [0.25, 0.3) is 0 Å². The molecule has 0 amide bonds. The first kappa shape index (κ1) is 17.5. The maximum Gasteiger partial charge on any atom is 0.180 e. The zero-order valence-corrected chi connectivity index (χ0v) is 11.4. The molecule has 1 aliphatic rings. The number of Topliss-reactive ketones (excluding diaryl/α,β-unsaturated/α-hetero) is 1. The fourth-order valence-electron chi connectivity index (χ4n) is 0.946. The molecule has 86 valence electrons. The molecular formula is C8H13Cl5O. The van der Waals surface area contributed by atoms with E-state index in [1.54, 1.807) is 0 Å². The van der Waals surface area contributed by atoms with Crippen LogP contribution in [0, 0.1) is 0 Å². The monoisotopic (exact) mass is 300 g/mol. The SMILES string of the molecule is ClC(Cl)Cl.ClCCl.O=C1CCCCC1. The highest BCUT2D eigenvalue weighted by Crippen LogP contribution is 2.12. The van der Waals surface area contributed by atoms with E-state index in [1.807, 2.05) is 0 Å². The van der Waals surface area contributed by atoms with Gasteiger partial charge in [0.15, 0.2) is 4.30 Å². The summed E-state index contributed by atoms with van der Waals surface area (Å²) in [6.45, 7) is 0. The summed E-state index contributed by atoms with van der Waals surface area (Å²) >= 11 is 23.9. The first-order valence-corrected chi connectivity index (χ1v) is 6.48. The summed E-state index contributed by atoms with van der Waals surface area (Å²) in [4.78, 5) is 10.5. The molecule has 1 saturated carbocycles. The predicted molar refractivity (Wildman–Crippen MR) is 66.0 cm³/mol. The number of carbonyl (C=O) groups excluding carboxylic acids is 1. The van der Waals surface area contributed by atoms with Crippen LogP contribution in [0.3, 0.4) is 0 Å². The summed E-state index contributed by atoms with van der Waals surface area (Å²) in [5.74, 6) is 0.464. The van der Waals surface area contributed by atoms with E-state index in [1.165, 1.54) is 6.42 Å². The molecule has 0 N–H and O–H groups in total. The Morgan fingerprint density at radius 2 is 1.29 bits per heavy atom. The van der Waals surface area contributed by atoms with Crippen LogP contribution in [0.4, 0.5) is 0 Å². The zero-order chi connectivity index (χ0) is 11.4. The highest BCUT2D eigenvalue weighted by molar-refractivity contribution is 6.63. The molecule has 14 heavy (non-hydrogen) atoms. The van der Waals surface area contributed by atoms with Gasteiger partial charge in [-0.3, -0.25) is 4.79 Å². The Morgan fingerprint density at radius 3 is 1.43 bits per heavy atom. The molecule has 1 nitrogen and oxygen atoms in total. The number of hydrogen-bond donors (Lipinski definition) is 0. The van der Waals surface area contributed by atoms with Crippen molar-refractivity contribution in [1.82, 2.24) is 0 Å². The Labute approximate surface area is 110 Å². The lowest BCUT2D eigenvalue weighted by atomic mass is 10.00. The quantitative estimate of drug-likeness (QED) is 0.580. The van der Waals surface area contributed by atoms with Crippen molar-refractivity contribution in [3.8, 4) is 0 Å². The maximum absolute atomic E-state index is 10.5. The molecule has 1 aliphatic carbocycles. The fraction of sp³-hybridized carbons (Fsp3) is 0.875. The Hall–Kier alpha value is 1.12. The molecular weight excluding hydrogens is 289 g/mol. The van der Waals surface area contributed by atoms with Crippen LogP contribution in [0.25, 0.3) is 0 Å². The Kier molecular flexibility index (Phi) is 17.7. The van der Waals surface area contributed by atoms with Gasteiger partial charge >= 0.3 is 0 Å². The van der Waals surface area contributed by atoms with E-state index in [0.29, 0.717) is 5.78 Å². The maximum atomic E-state index is 10.5. The second-order valence-corrected chi connectivity index (χ2v) is 5.24. The number of rotatable bonds is 0. The molecule has 0 saturated heterocycles. The van der Waals surface area contributed by atoms with Gasteiger partial charge < -0.3 is 0 Å². The lowest BCUT2D eigenvalue weighted by molar-refractivity contribution is -0.120. The third-order valence-corrected chi connectivity index (χ3v) is 1.41.